The molecule has 0 saturated heterocycles. The molecule has 0 aliphatic rings. The summed E-state index contributed by atoms with van der Waals surface area (Å²) in [5.74, 6) is 0. The van der Waals surface area contributed by atoms with Gasteiger partial charge in [0.25, 0.3) is 0 Å². The highest BCUT2D eigenvalue weighted by atomic mass is 32.1. The number of thiocarbonyl (C=S) groups is 2. The third-order valence-corrected chi connectivity index (χ3v) is 2.42. The molecule has 0 aliphatic carbocycles. The van der Waals surface area contributed by atoms with E-state index in [1.165, 1.54) is 0 Å². The molecule has 6 N–H and O–H groups in total. The number of thiol groups is 2. The van der Waals surface area contributed by atoms with Gasteiger partial charge in [0.05, 0.1) is 0 Å². The molecule has 0 fully saturated rings. The minimum atomic E-state index is 0.549. The number of nitrogens with two attached hydrogens (primary N) is 2. The van der Waals surface area contributed by atoms with Crippen LogP contribution in [0.1, 0.15) is 25.7 Å². The summed E-state index contributed by atoms with van der Waals surface area (Å²) in [6, 6.07) is 0. The first kappa shape index (κ1) is 20.7. The monoisotopic (exact) mass is 328 g/mol. The molecule has 0 spiro atoms. The van der Waals surface area contributed by atoms with Crippen molar-refractivity contribution >= 4 is 58.3 Å². The molecule has 18 heavy (non-hydrogen) atoms. The van der Waals surface area contributed by atoms with Crippen molar-refractivity contribution in [1.29, 1.82) is 0 Å². The summed E-state index contributed by atoms with van der Waals surface area (Å²) in [5, 5.41) is 5.90. The maximum Gasteiger partial charge on any atom is 0.130 e. The Bertz CT molecular complexity index is 192. The normalized spacial score (nSPS) is 9.11. The smallest absolute Gasteiger partial charge is 0.130 e. The molecule has 0 aliphatic heterocycles. The SMILES string of the molecule is NCCCCN.S=C(S)NCCCCNC(=S)S. The van der Waals surface area contributed by atoms with Crippen molar-refractivity contribution in [2.75, 3.05) is 26.2 Å². The lowest BCUT2D eigenvalue weighted by Gasteiger charge is -2.04. The summed E-state index contributed by atoms with van der Waals surface area (Å²) in [6.07, 6.45) is 4.22. The molecule has 0 amide bonds. The first-order valence-corrected chi connectivity index (χ1v) is 7.59. The van der Waals surface area contributed by atoms with Crippen LogP contribution in [0.3, 0.4) is 0 Å². The molecule has 0 aromatic rings. The van der Waals surface area contributed by atoms with E-state index in [4.69, 9.17) is 35.9 Å². The van der Waals surface area contributed by atoms with Gasteiger partial charge in [0.1, 0.15) is 8.64 Å². The Hall–Kier alpha value is 0.400. The Kier molecular flexibility index (Phi) is 20.0. The fraction of sp³-hybridized carbons (Fsp3) is 0.800. The summed E-state index contributed by atoms with van der Waals surface area (Å²) in [6.45, 7) is 3.28. The average Bonchev–Trinajstić information content (AvgIpc) is 2.31. The maximum atomic E-state index is 5.16. The molecule has 0 aromatic heterocycles. The van der Waals surface area contributed by atoms with Crippen molar-refractivity contribution in [3.8, 4) is 0 Å². The minimum absolute atomic E-state index is 0.549. The third-order valence-electron chi connectivity index (χ3n) is 1.81. The molecule has 0 saturated carbocycles. The Morgan fingerprint density at radius 3 is 1.33 bits per heavy atom. The second-order valence-corrected chi connectivity index (χ2v) is 5.77. The van der Waals surface area contributed by atoms with E-state index < -0.39 is 0 Å². The first-order valence-electron chi connectivity index (χ1n) is 5.88. The quantitative estimate of drug-likeness (QED) is 0.227. The molecule has 0 radical (unpaired) electrons. The van der Waals surface area contributed by atoms with Gasteiger partial charge in [-0.3, -0.25) is 0 Å². The summed E-state index contributed by atoms with van der Waals surface area (Å²) >= 11 is 17.3. The fourth-order valence-corrected chi connectivity index (χ4v) is 1.36. The molecule has 0 heterocycles. The van der Waals surface area contributed by atoms with Crippen LogP contribution in [0.15, 0.2) is 0 Å². The molecular formula is C10H24N4S4. The highest BCUT2D eigenvalue weighted by molar-refractivity contribution is 8.11. The van der Waals surface area contributed by atoms with Crippen LogP contribution in [0.5, 0.6) is 0 Å². The van der Waals surface area contributed by atoms with E-state index in [1.807, 2.05) is 0 Å². The lowest BCUT2D eigenvalue weighted by atomic mass is 10.3. The van der Waals surface area contributed by atoms with Crippen LogP contribution in [-0.2, 0) is 0 Å². The molecule has 8 heteroatoms. The van der Waals surface area contributed by atoms with E-state index in [1.54, 1.807) is 0 Å². The zero-order chi connectivity index (χ0) is 14.2. The number of nitrogens with one attached hydrogen (secondary N) is 2. The predicted molar refractivity (Wildman–Crippen MR) is 95.8 cm³/mol. The van der Waals surface area contributed by atoms with Crippen LogP contribution in [-0.4, -0.2) is 34.8 Å². The van der Waals surface area contributed by atoms with Gasteiger partial charge in [-0.25, -0.2) is 0 Å². The van der Waals surface area contributed by atoms with Gasteiger partial charge in [-0.1, -0.05) is 24.4 Å². The fourth-order valence-electron chi connectivity index (χ4n) is 0.929. The van der Waals surface area contributed by atoms with E-state index >= 15 is 0 Å². The lowest BCUT2D eigenvalue weighted by Crippen LogP contribution is -2.21. The molecule has 0 rings (SSSR count). The second kappa shape index (κ2) is 17.4. The van der Waals surface area contributed by atoms with Crippen molar-refractivity contribution in [2.24, 2.45) is 11.5 Å². The summed E-state index contributed by atoms with van der Waals surface area (Å²) in [5.41, 5.74) is 10.3. The second-order valence-electron chi connectivity index (χ2n) is 3.46. The van der Waals surface area contributed by atoms with Gasteiger partial charge in [0.15, 0.2) is 0 Å². The van der Waals surface area contributed by atoms with Gasteiger partial charge in [-0.05, 0) is 38.8 Å². The van der Waals surface area contributed by atoms with Gasteiger partial charge in [0.2, 0.25) is 0 Å². The van der Waals surface area contributed by atoms with Crippen LogP contribution in [0, 0.1) is 0 Å². The third kappa shape index (κ3) is 25.3. The van der Waals surface area contributed by atoms with E-state index in [0.29, 0.717) is 8.64 Å². The van der Waals surface area contributed by atoms with Gasteiger partial charge < -0.3 is 22.1 Å². The maximum absolute atomic E-state index is 5.16. The zero-order valence-electron chi connectivity index (χ0n) is 10.5. The molecule has 0 bridgehead atoms. The molecule has 0 aromatic carbocycles. The highest BCUT2D eigenvalue weighted by Gasteiger charge is 1.90. The van der Waals surface area contributed by atoms with Gasteiger partial charge in [-0.15, -0.1) is 25.3 Å². The van der Waals surface area contributed by atoms with Gasteiger partial charge in [-0.2, -0.15) is 0 Å². The van der Waals surface area contributed by atoms with E-state index in [-0.39, 0.29) is 0 Å². The standard InChI is InChI=1S/C6H12N2S4.C4H12N2/c9-5(10)7-3-1-2-4-8-6(11)12;5-3-1-2-4-6/h1-4H2,(H2,7,9,10)(H2,8,11,12);1-6H2. The summed E-state index contributed by atoms with van der Waals surface area (Å²) < 4.78 is 1.10. The molecule has 4 nitrogen and oxygen atoms in total. The van der Waals surface area contributed by atoms with Crippen LogP contribution in [0.2, 0.25) is 0 Å². The molecule has 0 unspecified atom stereocenters. The molecule has 108 valence electrons. The van der Waals surface area contributed by atoms with Crippen molar-refractivity contribution in [3.63, 3.8) is 0 Å². The Morgan fingerprint density at radius 1 is 0.778 bits per heavy atom. The van der Waals surface area contributed by atoms with Crippen molar-refractivity contribution < 1.29 is 0 Å². The highest BCUT2D eigenvalue weighted by Crippen LogP contribution is 1.87. The van der Waals surface area contributed by atoms with Crippen LogP contribution in [0.4, 0.5) is 0 Å². The summed E-state index contributed by atoms with van der Waals surface area (Å²) in [4.78, 5) is 0. The largest absolute Gasteiger partial charge is 0.371 e. The number of rotatable bonds is 8. The van der Waals surface area contributed by atoms with Gasteiger partial charge in [0, 0.05) is 13.1 Å². The predicted octanol–water partition coefficient (Wildman–Crippen LogP) is 1.06. The molecular weight excluding hydrogens is 304 g/mol. The first-order chi connectivity index (χ1) is 8.54. The number of hydrogen-bond acceptors (Lipinski definition) is 4. The Morgan fingerprint density at radius 2 is 1.11 bits per heavy atom. The lowest BCUT2D eigenvalue weighted by molar-refractivity contribution is 0.699. The van der Waals surface area contributed by atoms with Gasteiger partial charge >= 0.3 is 0 Å². The number of hydrogen-bond donors (Lipinski definition) is 6. The molecule has 0 atom stereocenters. The van der Waals surface area contributed by atoms with Crippen molar-refractivity contribution in [3.05, 3.63) is 0 Å². The topological polar surface area (TPSA) is 76.1 Å². The van der Waals surface area contributed by atoms with Crippen LogP contribution in [0.25, 0.3) is 0 Å². The zero-order valence-corrected chi connectivity index (χ0v) is 13.9. The Labute approximate surface area is 132 Å². The summed E-state index contributed by atoms with van der Waals surface area (Å²) in [7, 11) is 0. The van der Waals surface area contributed by atoms with Crippen LogP contribution < -0.4 is 22.1 Å². The van der Waals surface area contributed by atoms with Crippen molar-refractivity contribution in [1.82, 2.24) is 10.6 Å². The van der Waals surface area contributed by atoms with E-state index in [2.05, 4.69) is 35.9 Å². The minimum Gasteiger partial charge on any atom is -0.371 e. The van der Waals surface area contributed by atoms with Crippen molar-refractivity contribution in [2.45, 2.75) is 25.7 Å². The average molecular weight is 329 g/mol. The van der Waals surface area contributed by atoms with Crippen LogP contribution >= 0.6 is 49.7 Å². The Balaban J connectivity index is 0. The number of unbranched alkanes of at least 4 members (excludes halogenated alkanes) is 2. The van der Waals surface area contributed by atoms with E-state index in [0.717, 1.165) is 51.9 Å². The van der Waals surface area contributed by atoms with E-state index in [9.17, 15) is 0 Å².